The van der Waals surface area contributed by atoms with Gasteiger partial charge in [-0.2, -0.15) is 0 Å². The molecular weight excluding hydrogens is 198 g/mol. The van der Waals surface area contributed by atoms with E-state index in [1.54, 1.807) is 0 Å². The molecule has 1 aromatic carbocycles. The molecule has 4 bridgehead atoms. The minimum atomic E-state index is 0.734. The molecule has 2 nitrogen and oxygen atoms in total. The molecule has 1 unspecified atom stereocenters. The molecule has 6 rings (SSSR count). The van der Waals surface area contributed by atoms with Gasteiger partial charge in [0.2, 0.25) is 0 Å². The lowest BCUT2D eigenvalue weighted by Gasteiger charge is -2.45. The summed E-state index contributed by atoms with van der Waals surface area (Å²) in [6.45, 7) is 4.68. The maximum Gasteiger partial charge on any atom is 0.123 e. The summed E-state index contributed by atoms with van der Waals surface area (Å²) in [7, 11) is 0. The summed E-state index contributed by atoms with van der Waals surface area (Å²) >= 11 is 0. The number of piperidine rings is 3. The molecule has 16 heavy (non-hydrogen) atoms. The molecule has 0 radical (unpaired) electrons. The van der Waals surface area contributed by atoms with Gasteiger partial charge in [-0.3, -0.25) is 0 Å². The molecule has 0 aromatic heterocycles. The highest BCUT2D eigenvalue weighted by Crippen LogP contribution is 2.43. The van der Waals surface area contributed by atoms with E-state index in [1.165, 1.54) is 43.6 Å². The maximum atomic E-state index is 5.76. The number of hydrogen-bond donors (Lipinski definition) is 0. The molecule has 0 amide bonds. The van der Waals surface area contributed by atoms with Gasteiger partial charge in [0, 0.05) is 12.5 Å². The van der Waals surface area contributed by atoms with Gasteiger partial charge in [-0.15, -0.1) is 0 Å². The van der Waals surface area contributed by atoms with Crippen molar-refractivity contribution in [3.05, 3.63) is 29.3 Å². The third-order valence-corrected chi connectivity index (χ3v) is 4.52. The first kappa shape index (κ1) is 9.06. The SMILES string of the molecule is c1cc2c(C3CN4CCC3CC4)cc1CO2. The smallest absolute Gasteiger partial charge is 0.123 e. The monoisotopic (exact) mass is 215 g/mol. The van der Waals surface area contributed by atoms with Crippen LogP contribution in [0.5, 0.6) is 5.75 Å². The molecule has 5 heterocycles. The van der Waals surface area contributed by atoms with Gasteiger partial charge in [0.1, 0.15) is 12.4 Å². The second-order valence-corrected chi connectivity index (χ2v) is 5.41. The average molecular weight is 215 g/mol. The highest BCUT2D eigenvalue weighted by Gasteiger charge is 2.36. The van der Waals surface area contributed by atoms with Gasteiger partial charge in [-0.05, 0) is 55.1 Å². The molecule has 5 aliphatic heterocycles. The highest BCUT2D eigenvalue weighted by atomic mass is 16.5. The topological polar surface area (TPSA) is 12.5 Å². The molecule has 1 aromatic rings. The van der Waals surface area contributed by atoms with Crippen LogP contribution >= 0.6 is 0 Å². The third-order valence-electron chi connectivity index (χ3n) is 4.52. The van der Waals surface area contributed by atoms with E-state index in [4.69, 9.17) is 4.74 Å². The fourth-order valence-electron chi connectivity index (χ4n) is 3.59. The second kappa shape index (κ2) is 3.24. The lowest BCUT2D eigenvalue weighted by atomic mass is 9.75. The maximum absolute atomic E-state index is 5.76. The van der Waals surface area contributed by atoms with Crippen molar-refractivity contribution >= 4 is 0 Å². The van der Waals surface area contributed by atoms with E-state index < -0.39 is 0 Å². The normalized spacial score (nSPS) is 35.1. The van der Waals surface area contributed by atoms with Gasteiger partial charge >= 0.3 is 0 Å². The first-order valence-electron chi connectivity index (χ1n) is 6.38. The zero-order valence-electron chi connectivity index (χ0n) is 9.48. The fourth-order valence-corrected chi connectivity index (χ4v) is 3.59. The molecule has 3 saturated heterocycles. The van der Waals surface area contributed by atoms with Crippen molar-refractivity contribution in [1.82, 2.24) is 4.90 Å². The molecule has 0 spiro atoms. The van der Waals surface area contributed by atoms with Crippen molar-refractivity contribution in [2.75, 3.05) is 19.6 Å². The van der Waals surface area contributed by atoms with Crippen LogP contribution in [0.1, 0.15) is 29.9 Å². The van der Waals surface area contributed by atoms with Gasteiger partial charge in [0.15, 0.2) is 0 Å². The van der Waals surface area contributed by atoms with E-state index in [2.05, 4.69) is 23.1 Å². The predicted molar refractivity (Wildman–Crippen MR) is 62.7 cm³/mol. The van der Waals surface area contributed by atoms with E-state index in [-0.39, 0.29) is 0 Å². The molecule has 5 aliphatic rings. The standard InChI is InChI=1S/C14H17NO/c1-2-14-12(7-10(1)9-16-14)13-8-15-5-3-11(13)4-6-15/h1-2,7,11,13H,3-6,8-9H2. The van der Waals surface area contributed by atoms with Crippen molar-refractivity contribution in [2.24, 2.45) is 5.92 Å². The molecule has 84 valence electrons. The Morgan fingerprint density at radius 2 is 2.06 bits per heavy atom. The van der Waals surface area contributed by atoms with Crippen molar-refractivity contribution in [1.29, 1.82) is 0 Å². The van der Waals surface area contributed by atoms with Gasteiger partial charge in [-0.25, -0.2) is 0 Å². The van der Waals surface area contributed by atoms with Crippen molar-refractivity contribution in [3.63, 3.8) is 0 Å². The summed E-state index contributed by atoms with van der Waals surface area (Å²) in [4.78, 5) is 2.61. The molecule has 1 atom stereocenters. The number of fused-ring (bicyclic) bond motifs is 7. The van der Waals surface area contributed by atoms with E-state index >= 15 is 0 Å². The summed E-state index contributed by atoms with van der Waals surface area (Å²) in [5.74, 6) is 2.78. The first-order chi connectivity index (χ1) is 7.90. The van der Waals surface area contributed by atoms with Gasteiger partial charge < -0.3 is 9.64 Å². The Morgan fingerprint density at radius 3 is 2.56 bits per heavy atom. The predicted octanol–water partition coefficient (Wildman–Crippen LogP) is 2.39. The van der Waals surface area contributed by atoms with Crippen molar-refractivity contribution < 1.29 is 4.74 Å². The minimum Gasteiger partial charge on any atom is -0.489 e. The van der Waals surface area contributed by atoms with Gasteiger partial charge in [0.05, 0.1) is 0 Å². The highest BCUT2D eigenvalue weighted by molar-refractivity contribution is 5.43. The number of hydrogen-bond acceptors (Lipinski definition) is 2. The average Bonchev–Trinajstić information content (AvgIpc) is 2.41. The third kappa shape index (κ3) is 1.23. The van der Waals surface area contributed by atoms with Crippen LogP contribution in [0.2, 0.25) is 0 Å². The zero-order valence-corrected chi connectivity index (χ0v) is 9.48. The Morgan fingerprint density at radius 1 is 1.19 bits per heavy atom. The summed E-state index contributed by atoms with van der Waals surface area (Å²) in [6, 6.07) is 6.74. The van der Waals surface area contributed by atoms with Crippen LogP contribution in [-0.4, -0.2) is 24.5 Å². The second-order valence-electron chi connectivity index (χ2n) is 5.41. The van der Waals surface area contributed by atoms with E-state index in [0.29, 0.717) is 0 Å². The fraction of sp³-hybridized carbons (Fsp3) is 0.571. The zero-order chi connectivity index (χ0) is 10.5. The Balaban J connectivity index is 1.73. The van der Waals surface area contributed by atoms with E-state index in [0.717, 1.165) is 24.2 Å². The molecule has 0 aliphatic carbocycles. The lowest BCUT2D eigenvalue weighted by Crippen LogP contribution is -2.46. The Hall–Kier alpha value is -1.02. The van der Waals surface area contributed by atoms with Crippen LogP contribution in [0.3, 0.4) is 0 Å². The van der Waals surface area contributed by atoms with E-state index in [1.807, 2.05) is 0 Å². The number of benzene rings is 1. The Bertz CT molecular complexity index is 421. The Labute approximate surface area is 96.2 Å². The van der Waals surface area contributed by atoms with Crippen molar-refractivity contribution in [3.8, 4) is 5.75 Å². The number of rotatable bonds is 1. The minimum absolute atomic E-state index is 0.734. The number of nitrogens with zero attached hydrogens (tertiary/aromatic N) is 1. The van der Waals surface area contributed by atoms with Crippen LogP contribution in [0.4, 0.5) is 0 Å². The first-order valence-corrected chi connectivity index (χ1v) is 6.38. The largest absolute Gasteiger partial charge is 0.489 e. The molecular formula is C14H17NO. The lowest BCUT2D eigenvalue weighted by molar-refractivity contribution is 0.0847. The van der Waals surface area contributed by atoms with Crippen LogP contribution < -0.4 is 4.74 Å². The Kier molecular flexibility index (Phi) is 1.83. The van der Waals surface area contributed by atoms with Crippen LogP contribution in [-0.2, 0) is 6.61 Å². The summed E-state index contributed by atoms with van der Waals surface area (Å²) < 4.78 is 5.76. The quantitative estimate of drug-likeness (QED) is 0.713. The summed E-state index contributed by atoms with van der Waals surface area (Å²) in [5.41, 5.74) is 2.83. The molecule has 0 saturated carbocycles. The molecule has 0 N–H and O–H groups in total. The summed E-state index contributed by atoms with van der Waals surface area (Å²) in [5, 5.41) is 0. The summed E-state index contributed by atoms with van der Waals surface area (Å²) in [6.07, 6.45) is 2.77. The van der Waals surface area contributed by atoms with Gasteiger partial charge in [0.25, 0.3) is 0 Å². The van der Waals surface area contributed by atoms with Crippen LogP contribution in [0.25, 0.3) is 0 Å². The van der Waals surface area contributed by atoms with Crippen LogP contribution in [0.15, 0.2) is 18.2 Å². The van der Waals surface area contributed by atoms with E-state index in [9.17, 15) is 0 Å². The van der Waals surface area contributed by atoms with Crippen molar-refractivity contribution in [2.45, 2.75) is 25.4 Å². The number of ether oxygens (including phenoxy) is 1. The molecule has 3 fully saturated rings. The van der Waals surface area contributed by atoms with Crippen LogP contribution in [0, 0.1) is 5.92 Å². The molecule has 2 heteroatoms. The van der Waals surface area contributed by atoms with Gasteiger partial charge in [-0.1, -0.05) is 6.07 Å².